The Kier molecular flexibility index (Phi) is 3.47. The molecule has 4 heteroatoms. The highest BCUT2D eigenvalue weighted by molar-refractivity contribution is 6.00. The largest absolute Gasteiger partial charge is 0.480 e. The number of ether oxygens (including phenoxy) is 1. The highest BCUT2D eigenvalue weighted by Gasteiger charge is 2.39. The fourth-order valence-electron chi connectivity index (χ4n) is 0.772. The van der Waals surface area contributed by atoms with Gasteiger partial charge in [-0.1, -0.05) is 12.2 Å². The summed E-state index contributed by atoms with van der Waals surface area (Å²) in [7, 11) is 1.16. The lowest BCUT2D eigenvalue weighted by atomic mass is 9.90. The van der Waals surface area contributed by atoms with Gasteiger partial charge in [-0.05, 0) is 13.8 Å². The van der Waals surface area contributed by atoms with Gasteiger partial charge >= 0.3 is 11.9 Å². The van der Waals surface area contributed by atoms with Crippen LogP contribution in [0.4, 0.5) is 0 Å². The molecule has 0 fully saturated rings. The smallest absolute Gasteiger partial charge is 0.326 e. The molecule has 0 saturated carbocycles. The van der Waals surface area contributed by atoms with Crippen LogP contribution in [0.5, 0.6) is 0 Å². The van der Waals surface area contributed by atoms with Crippen molar-refractivity contribution < 1.29 is 19.4 Å². The van der Waals surface area contributed by atoms with Crippen molar-refractivity contribution in [3.05, 3.63) is 12.2 Å². The lowest BCUT2D eigenvalue weighted by Gasteiger charge is -2.16. The van der Waals surface area contributed by atoms with Crippen molar-refractivity contribution in [2.75, 3.05) is 7.11 Å². The number of methoxy groups -OCH3 is 1. The van der Waals surface area contributed by atoms with Gasteiger partial charge in [-0.15, -0.1) is 0 Å². The molecule has 0 heterocycles. The average molecular weight is 172 g/mol. The quantitative estimate of drug-likeness (QED) is 0.389. The molecule has 0 spiro atoms. The van der Waals surface area contributed by atoms with Gasteiger partial charge in [0.1, 0.15) is 0 Å². The van der Waals surface area contributed by atoms with E-state index in [0.29, 0.717) is 0 Å². The second-order valence-electron chi connectivity index (χ2n) is 2.50. The monoisotopic (exact) mass is 172 g/mol. The molecule has 0 amide bonds. The van der Waals surface area contributed by atoms with Crippen molar-refractivity contribution in [1.82, 2.24) is 0 Å². The van der Waals surface area contributed by atoms with Crippen molar-refractivity contribution in [3.8, 4) is 0 Å². The summed E-state index contributed by atoms with van der Waals surface area (Å²) in [6.45, 7) is 2.94. The van der Waals surface area contributed by atoms with E-state index in [9.17, 15) is 9.59 Å². The summed E-state index contributed by atoms with van der Waals surface area (Å²) in [4.78, 5) is 21.7. The molecule has 0 aromatic rings. The van der Waals surface area contributed by atoms with E-state index in [1.54, 1.807) is 6.92 Å². The zero-order valence-corrected chi connectivity index (χ0v) is 7.33. The van der Waals surface area contributed by atoms with E-state index in [2.05, 4.69) is 4.74 Å². The van der Waals surface area contributed by atoms with Crippen molar-refractivity contribution in [1.29, 1.82) is 0 Å². The Morgan fingerprint density at radius 1 is 1.50 bits per heavy atom. The summed E-state index contributed by atoms with van der Waals surface area (Å²) in [6, 6.07) is 0. The van der Waals surface area contributed by atoms with Gasteiger partial charge in [-0.25, -0.2) is 0 Å². The third-order valence-electron chi connectivity index (χ3n) is 1.55. The number of carbonyl (C=O) groups excluding carboxylic acids is 1. The fraction of sp³-hybridized carbons (Fsp3) is 0.500. The predicted octanol–water partition coefficient (Wildman–Crippen LogP) is 0.826. The molecule has 0 aliphatic heterocycles. The number of aliphatic carboxylic acids is 1. The van der Waals surface area contributed by atoms with Gasteiger partial charge in [0.05, 0.1) is 7.11 Å². The third-order valence-corrected chi connectivity index (χ3v) is 1.55. The Morgan fingerprint density at radius 2 is 2.00 bits per heavy atom. The standard InChI is InChI=1S/C8H12O4/c1-4-5-8(2,6(9)10)7(11)12-3/h4-5H,1-3H3,(H,9,10). The summed E-state index contributed by atoms with van der Waals surface area (Å²) in [5.74, 6) is -1.99. The van der Waals surface area contributed by atoms with Crippen LogP contribution in [0.15, 0.2) is 12.2 Å². The van der Waals surface area contributed by atoms with Crippen LogP contribution >= 0.6 is 0 Å². The number of carboxylic acid groups (broad SMARTS) is 1. The van der Waals surface area contributed by atoms with E-state index in [-0.39, 0.29) is 0 Å². The molecular formula is C8H12O4. The third kappa shape index (κ3) is 1.84. The van der Waals surface area contributed by atoms with E-state index in [0.717, 1.165) is 7.11 Å². The number of carbonyl (C=O) groups is 2. The Labute approximate surface area is 70.8 Å². The number of hydrogen-bond acceptors (Lipinski definition) is 3. The molecule has 0 rings (SSSR count). The molecule has 68 valence electrons. The van der Waals surface area contributed by atoms with E-state index in [1.165, 1.54) is 19.1 Å². The predicted molar refractivity (Wildman–Crippen MR) is 42.6 cm³/mol. The topological polar surface area (TPSA) is 63.6 Å². The Morgan fingerprint density at radius 3 is 2.25 bits per heavy atom. The Hall–Kier alpha value is -1.32. The number of allylic oxidation sites excluding steroid dienone is 1. The Balaban J connectivity index is 4.86. The molecule has 0 bridgehead atoms. The van der Waals surface area contributed by atoms with Crippen molar-refractivity contribution in [2.24, 2.45) is 5.41 Å². The van der Waals surface area contributed by atoms with Crippen molar-refractivity contribution in [3.63, 3.8) is 0 Å². The number of carboxylic acids is 1. The summed E-state index contributed by atoms with van der Waals surface area (Å²) in [5.41, 5.74) is -1.57. The van der Waals surface area contributed by atoms with Crippen LogP contribution in [0.2, 0.25) is 0 Å². The number of esters is 1. The first-order valence-electron chi connectivity index (χ1n) is 3.44. The minimum Gasteiger partial charge on any atom is -0.480 e. The lowest BCUT2D eigenvalue weighted by Crippen LogP contribution is -2.35. The molecule has 0 saturated heterocycles. The summed E-state index contributed by atoms with van der Waals surface area (Å²) in [6.07, 6.45) is 2.80. The zero-order chi connectivity index (χ0) is 9.78. The maximum absolute atomic E-state index is 11.0. The molecule has 0 aromatic carbocycles. The first-order valence-corrected chi connectivity index (χ1v) is 3.44. The molecule has 4 nitrogen and oxygen atoms in total. The van der Waals surface area contributed by atoms with Gasteiger partial charge in [-0.2, -0.15) is 0 Å². The highest BCUT2D eigenvalue weighted by atomic mass is 16.5. The molecule has 1 unspecified atom stereocenters. The SMILES string of the molecule is CC=CC(C)(C(=O)O)C(=O)OC. The van der Waals surface area contributed by atoms with Crippen molar-refractivity contribution >= 4 is 11.9 Å². The molecular weight excluding hydrogens is 160 g/mol. The van der Waals surface area contributed by atoms with E-state index in [4.69, 9.17) is 5.11 Å². The van der Waals surface area contributed by atoms with Crippen LogP contribution < -0.4 is 0 Å². The van der Waals surface area contributed by atoms with Crippen LogP contribution in [0, 0.1) is 5.41 Å². The highest BCUT2D eigenvalue weighted by Crippen LogP contribution is 2.20. The Bertz CT molecular complexity index is 219. The van der Waals surface area contributed by atoms with Gasteiger partial charge in [-0.3, -0.25) is 9.59 Å². The van der Waals surface area contributed by atoms with Crippen LogP contribution in [-0.2, 0) is 14.3 Å². The van der Waals surface area contributed by atoms with Gasteiger partial charge in [0.15, 0.2) is 5.41 Å². The van der Waals surface area contributed by atoms with Gasteiger partial charge < -0.3 is 9.84 Å². The summed E-state index contributed by atoms with van der Waals surface area (Å²) in [5, 5.41) is 8.71. The molecule has 0 aliphatic carbocycles. The molecule has 0 aromatic heterocycles. The molecule has 0 radical (unpaired) electrons. The minimum atomic E-state index is -1.57. The van der Waals surface area contributed by atoms with E-state index in [1.807, 2.05) is 0 Å². The molecule has 12 heavy (non-hydrogen) atoms. The van der Waals surface area contributed by atoms with Gasteiger partial charge in [0.25, 0.3) is 0 Å². The molecule has 1 atom stereocenters. The normalized spacial score (nSPS) is 15.6. The molecule has 0 aliphatic rings. The number of hydrogen-bond donors (Lipinski definition) is 1. The van der Waals surface area contributed by atoms with Crippen LogP contribution in [-0.4, -0.2) is 24.2 Å². The fourth-order valence-corrected chi connectivity index (χ4v) is 0.772. The van der Waals surface area contributed by atoms with Crippen LogP contribution in [0.3, 0.4) is 0 Å². The maximum atomic E-state index is 11.0. The average Bonchev–Trinajstić information content (AvgIpc) is 2.03. The first-order chi connectivity index (χ1) is 5.49. The first kappa shape index (κ1) is 10.7. The lowest BCUT2D eigenvalue weighted by molar-refractivity contribution is -0.161. The molecule has 1 N–H and O–H groups in total. The second kappa shape index (κ2) is 3.90. The number of rotatable bonds is 3. The maximum Gasteiger partial charge on any atom is 0.326 e. The zero-order valence-electron chi connectivity index (χ0n) is 7.33. The summed E-state index contributed by atoms with van der Waals surface area (Å²) >= 11 is 0. The van der Waals surface area contributed by atoms with E-state index >= 15 is 0 Å². The minimum absolute atomic E-state index is 0.770. The van der Waals surface area contributed by atoms with Crippen molar-refractivity contribution in [2.45, 2.75) is 13.8 Å². The van der Waals surface area contributed by atoms with Gasteiger partial charge in [0.2, 0.25) is 0 Å². The summed E-state index contributed by atoms with van der Waals surface area (Å²) < 4.78 is 4.36. The second-order valence-corrected chi connectivity index (χ2v) is 2.50. The van der Waals surface area contributed by atoms with Crippen LogP contribution in [0.1, 0.15) is 13.8 Å². The van der Waals surface area contributed by atoms with E-state index < -0.39 is 17.4 Å². The van der Waals surface area contributed by atoms with Crippen LogP contribution in [0.25, 0.3) is 0 Å². The van der Waals surface area contributed by atoms with Gasteiger partial charge in [0, 0.05) is 0 Å².